The quantitative estimate of drug-likeness (QED) is 0.519. The molecule has 0 rings (SSSR count). The van der Waals surface area contributed by atoms with Gasteiger partial charge in [-0.05, 0) is 51.3 Å². The standard InChI is InChI=1S/C8H20O5P2S2.C3H6O2/c1-5-9-14(16,10-6-2)13-15(17,11-7-3)12-8-4;1-2-3(4)5/h5-8H2,1-4H3;2H2,1H3,(H,4,5). The Morgan fingerprint density at radius 1 is 0.818 bits per heavy atom. The first-order chi connectivity index (χ1) is 10.2. The van der Waals surface area contributed by atoms with Crippen molar-refractivity contribution in [2.75, 3.05) is 26.4 Å². The number of hydrogen-bond acceptors (Lipinski definition) is 8. The lowest BCUT2D eigenvalue weighted by atomic mass is 10.5. The molecular weight excluding hydrogens is 370 g/mol. The summed E-state index contributed by atoms with van der Waals surface area (Å²) in [6, 6.07) is 0. The Bertz CT molecular complexity index is 345. The zero-order valence-corrected chi connectivity index (χ0v) is 17.1. The third-order valence-electron chi connectivity index (χ3n) is 1.65. The van der Waals surface area contributed by atoms with Crippen molar-refractivity contribution in [2.24, 2.45) is 0 Å². The van der Waals surface area contributed by atoms with Gasteiger partial charge >= 0.3 is 19.4 Å². The maximum Gasteiger partial charge on any atom is 0.334 e. The highest BCUT2D eigenvalue weighted by atomic mass is 32.5. The van der Waals surface area contributed by atoms with Crippen LogP contribution in [-0.4, -0.2) is 37.5 Å². The van der Waals surface area contributed by atoms with Gasteiger partial charge in [-0.25, -0.2) is 4.31 Å². The summed E-state index contributed by atoms with van der Waals surface area (Å²) in [5, 5.41) is 7.72. The lowest BCUT2D eigenvalue weighted by Gasteiger charge is -2.27. The van der Waals surface area contributed by atoms with Crippen molar-refractivity contribution >= 4 is 43.0 Å². The lowest BCUT2D eigenvalue weighted by molar-refractivity contribution is -0.136. The highest BCUT2D eigenvalue weighted by molar-refractivity contribution is 8.14. The summed E-state index contributed by atoms with van der Waals surface area (Å²) < 4.78 is 26.9. The van der Waals surface area contributed by atoms with Crippen LogP contribution in [0, 0.1) is 0 Å². The van der Waals surface area contributed by atoms with Crippen LogP contribution in [0.15, 0.2) is 0 Å². The predicted octanol–water partition coefficient (Wildman–Crippen LogP) is 4.08. The van der Waals surface area contributed by atoms with Gasteiger partial charge in [0.15, 0.2) is 0 Å². The van der Waals surface area contributed by atoms with E-state index in [1.807, 2.05) is 27.7 Å². The third-order valence-corrected chi connectivity index (χ3v) is 8.01. The molecule has 0 atom stereocenters. The van der Waals surface area contributed by atoms with Crippen LogP contribution in [0.3, 0.4) is 0 Å². The molecule has 0 heterocycles. The van der Waals surface area contributed by atoms with Gasteiger partial charge in [-0.2, -0.15) is 0 Å². The third kappa shape index (κ3) is 13.0. The average Bonchev–Trinajstić information content (AvgIpc) is 2.39. The van der Waals surface area contributed by atoms with Crippen LogP contribution in [-0.2, 0) is 50.8 Å². The van der Waals surface area contributed by atoms with Crippen molar-refractivity contribution in [3.63, 3.8) is 0 Å². The second kappa shape index (κ2) is 14.0. The number of carboxylic acid groups (broad SMARTS) is 1. The number of carboxylic acids is 1. The highest BCUT2D eigenvalue weighted by Crippen LogP contribution is 2.66. The molecular formula is C11H26O7P2S2. The van der Waals surface area contributed by atoms with Crippen molar-refractivity contribution in [2.45, 2.75) is 41.0 Å². The minimum absolute atomic E-state index is 0.222. The lowest BCUT2D eigenvalue weighted by Crippen LogP contribution is -2.03. The van der Waals surface area contributed by atoms with Crippen molar-refractivity contribution in [1.82, 2.24) is 0 Å². The molecule has 1 N–H and O–H groups in total. The number of hydrogen-bond donors (Lipinski definition) is 1. The zero-order valence-electron chi connectivity index (χ0n) is 13.6. The molecule has 11 heteroatoms. The minimum atomic E-state index is -2.87. The summed E-state index contributed by atoms with van der Waals surface area (Å²) in [6.07, 6.45) is 0.222. The van der Waals surface area contributed by atoms with E-state index in [0.717, 1.165) is 0 Å². The largest absolute Gasteiger partial charge is 0.481 e. The first-order valence-electron chi connectivity index (χ1n) is 6.93. The van der Waals surface area contributed by atoms with Gasteiger partial charge in [0.25, 0.3) is 0 Å². The van der Waals surface area contributed by atoms with Crippen LogP contribution in [0.25, 0.3) is 0 Å². The topological polar surface area (TPSA) is 83.5 Å². The molecule has 0 amide bonds. The second-order valence-corrected chi connectivity index (χ2v) is 9.55. The van der Waals surface area contributed by atoms with Crippen molar-refractivity contribution < 1.29 is 32.3 Å². The van der Waals surface area contributed by atoms with Gasteiger partial charge in [0.2, 0.25) is 0 Å². The molecule has 0 aromatic rings. The molecule has 0 aliphatic heterocycles. The van der Waals surface area contributed by atoms with Gasteiger partial charge in [0, 0.05) is 6.42 Å². The summed E-state index contributed by atoms with van der Waals surface area (Å²) in [5.41, 5.74) is 0. The van der Waals surface area contributed by atoms with E-state index >= 15 is 0 Å². The second-order valence-electron chi connectivity index (χ2n) is 3.39. The maximum atomic E-state index is 9.37. The number of rotatable bonds is 11. The Morgan fingerprint density at radius 3 is 1.18 bits per heavy atom. The Hall–Kier alpha value is 0.570. The highest BCUT2D eigenvalue weighted by Gasteiger charge is 2.31. The monoisotopic (exact) mass is 396 g/mol. The van der Waals surface area contributed by atoms with Crippen molar-refractivity contribution in [3.8, 4) is 0 Å². The summed E-state index contributed by atoms with van der Waals surface area (Å²) in [4.78, 5) is 9.37. The van der Waals surface area contributed by atoms with Gasteiger partial charge in [-0.15, -0.1) is 0 Å². The number of carbonyl (C=O) groups is 1. The molecule has 0 spiro atoms. The van der Waals surface area contributed by atoms with Crippen LogP contribution >= 0.6 is 13.4 Å². The summed E-state index contributed by atoms with van der Waals surface area (Å²) in [7, 11) is 0. The molecule has 0 saturated carbocycles. The Kier molecular flexibility index (Phi) is 15.7. The maximum absolute atomic E-state index is 9.37. The van der Waals surface area contributed by atoms with Gasteiger partial charge in [0.05, 0.1) is 26.4 Å². The smallest absolute Gasteiger partial charge is 0.334 e. The molecule has 7 nitrogen and oxygen atoms in total. The van der Waals surface area contributed by atoms with E-state index < -0.39 is 19.4 Å². The van der Waals surface area contributed by atoms with E-state index in [1.165, 1.54) is 0 Å². The van der Waals surface area contributed by atoms with E-state index in [9.17, 15) is 4.79 Å². The molecule has 0 aromatic heterocycles. The SMILES string of the molecule is CCC(=O)O.CCOP(=S)(OCC)OP(=S)(OCC)OCC. The molecule has 0 unspecified atom stereocenters. The molecule has 0 aromatic carbocycles. The van der Waals surface area contributed by atoms with Gasteiger partial charge < -0.3 is 23.2 Å². The van der Waals surface area contributed by atoms with Crippen LogP contribution in [0.4, 0.5) is 0 Å². The average molecular weight is 396 g/mol. The predicted molar refractivity (Wildman–Crippen MR) is 94.1 cm³/mol. The van der Waals surface area contributed by atoms with Crippen LogP contribution in [0.2, 0.25) is 0 Å². The normalized spacial score (nSPS) is 11.7. The van der Waals surface area contributed by atoms with Crippen LogP contribution in [0.1, 0.15) is 41.0 Å². The molecule has 22 heavy (non-hydrogen) atoms. The molecule has 0 saturated heterocycles. The van der Waals surface area contributed by atoms with E-state index in [2.05, 4.69) is 0 Å². The van der Waals surface area contributed by atoms with Crippen LogP contribution in [0.5, 0.6) is 0 Å². The Labute approximate surface area is 143 Å². The molecule has 0 radical (unpaired) electrons. The van der Waals surface area contributed by atoms with Gasteiger partial charge in [0.1, 0.15) is 0 Å². The van der Waals surface area contributed by atoms with Crippen molar-refractivity contribution in [1.29, 1.82) is 0 Å². The molecule has 0 aliphatic carbocycles. The summed E-state index contributed by atoms with van der Waals surface area (Å²) >= 11 is 10.4. The summed E-state index contributed by atoms with van der Waals surface area (Å²) in [5.74, 6) is -0.745. The van der Waals surface area contributed by atoms with Gasteiger partial charge in [-0.3, -0.25) is 4.79 Å². The fourth-order valence-corrected chi connectivity index (χ4v) is 7.30. The van der Waals surface area contributed by atoms with Crippen LogP contribution < -0.4 is 0 Å². The molecule has 134 valence electrons. The van der Waals surface area contributed by atoms with E-state index in [4.69, 9.17) is 51.1 Å². The number of aliphatic carboxylic acids is 1. The van der Waals surface area contributed by atoms with Gasteiger partial charge in [-0.1, -0.05) is 6.92 Å². The van der Waals surface area contributed by atoms with E-state index in [1.54, 1.807) is 6.92 Å². The van der Waals surface area contributed by atoms with Crippen molar-refractivity contribution in [3.05, 3.63) is 0 Å². The Morgan fingerprint density at radius 2 is 1.05 bits per heavy atom. The Balaban J connectivity index is 0. The van der Waals surface area contributed by atoms with E-state index in [0.29, 0.717) is 26.4 Å². The molecule has 0 fully saturated rings. The van der Waals surface area contributed by atoms with E-state index in [-0.39, 0.29) is 6.42 Å². The molecule has 0 aliphatic rings. The fourth-order valence-electron chi connectivity index (χ4n) is 0.924. The zero-order chi connectivity index (χ0) is 17.6. The molecule has 0 bridgehead atoms. The minimum Gasteiger partial charge on any atom is -0.481 e. The summed E-state index contributed by atoms with van der Waals surface area (Å²) in [6.45, 7) is 4.69. The first kappa shape index (κ1) is 24.8. The fraction of sp³-hybridized carbons (Fsp3) is 0.909. The first-order valence-corrected chi connectivity index (χ1v) is 12.0.